The molecule has 0 aromatic carbocycles. The molecule has 0 fully saturated rings. The molecule has 0 saturated carbocycles. The van der Waals surface area contributed by atoms with Crippen LogP contribution in [0.15, 0.2) is 6.20 Å². The Bertz CT molecular complexity index is 247. The highest BCUT2D eigenvalue weighted by atomic mass is 35.5. The molecule has 0 radical (unpaired) electrons. The third-order valence-corrected chi connectivity index (χ3v) is 2.04. The van der Waals surface area contributed by atoms with Gasteiger partial charge in [0.2, 0.25) is 0 Å². The van der Waals surface area contributed by atoms with Gasteiger partial charge in [0.15, 0.2) is 0 Å². The van der Waals surface area contributed by atoms with Crippen molar-refractivity contribution in [3.05, 3.63) is 16.9 Å². The Morgan fingerprint density at radius 3 is 2.82 bits per heavy atom. The van der Waals surface area contributed by atoms with Gasteiger partial charge in [0, 0.05) is 0 Å². The van der Waals surface area contributed by atoms with Gasteiger partial charge in [-0.1, -0.05) is 11.6 Å². The van der Waals surface area contributed by atoms with Gasteiger partial charge >= 0.3 is 0 Å². The maximum absolute atomic E-state index is 8.82. The molecule has 1 aromatic heterocycles. The highest BCUT2D eigenvalue weighted by Gasteiger charge is 2.08. The summed E-state index contributed by atoms with van der Waals surface area (Å²) in [6, 6.07) is 0.00231. The van der Waals surface area contributed by atoms with Crippen LogP contribution in [-0.2, 0) is 0 Å². The maximum atomic E-state index is 8.82. The molecule has 1 rings (SSSR count). The lowest BCUT2D eigenvalue weighted by atomic mass is 10.3. The van der Waals surface area contributed by atoms with Crippen molar-refractivity contribution in [3.63, 3.8) is 0 Å². The molecule has 1 heterocycles. The number of rotatable bonds is 2. The van der Waals surface area contributed by atoms with Crippen LogP contribution in [0.4, 0.5) is 0 Å². The van der Waals surface area contributed by atoms with Crippen molar-refractivity contribution < 1.29 is 5.11 Å². The number of nitrogens with zero attached hydrogens (tertiary/aromatic N) is 2. The van der Waals surface area contributed by atoms with Crippen LogP contribution in [0, 0.1) is 6.92 Å². The molecule has 0 aliphatic carbocycles. The molecule has 3 nitrogen and oxygen atoms in total. The zero-order valence-corrected chi connectivity index (χ0v) is 7.34. The number of aliphatic hydroxyl groups is 1. The highest BCUT2D eigenvalue weighted by molar-refractivity contribution is 6.31. The van der Waals surface area contributed by atoms with Gasteiger partial charge < -0.3 is 5.11 Å². The minimum Gasteiger partial charge on any atom is -0.394 e. The van der Waals surface area contributed by atoms with E-state index < -0.39 is 0 Å². The number of hydrogen-bond donors (Lipinski definition) is 1. The number of aliphatic hydroxyl groups excluding tert-OH is 1. The van der Waals surface area contributed by atoms with E-state index in [9.17, 15) is 0 Å². The monoisotopic (exact) mass is 174 g/mol. The topological polar surface area (TPSA) is 38.0 Å². The minimum absolute atomic E-state index is 0.00231. The van der Waals surface area contributed by atoms with Gasteiger partial charge in [0.1, 0.15) is 0 Å². The summed E-state index contributed by atoms with van der Waals surface area (Å²) in [5.41, 5.74) is 0.896. The molecule has 0 aliphatic heterocycles. The van der Waals surface area contributed by atoms with Gasteiger partial charge in [0.05, 0.1) is 29.6 Å². The Balaban J connectivity index is 2.94. The molecule has 0 bridgehead atoms. The lowest BCUT2D eigenvalue weighted by molar-refractivity contribution is 0.228. The predicted octanol–water partition coefficient (Wildman–Crippen LogP) is 1.40. The van der Waals surface area contributed by atoms with Crippen molar-refractivity contribution in [2.45, 2.75) is 19.9 Å². The van der Waals surface area contributed by atoms with E-state index in [0.717, 1.165) is 5.69 Å². The lowest BCUT2D eigenvalue weighted by Crippen LogP contribution is -2.12. The van der Waals surface area contributed by atoms with Crippen LogP contribution in [0.2, 0.25) is 5.02 Å². The average Bonchev–Trinajstić information content (AvgIpc) is 2.32. The Labute approximate surface area is 70.6 Å². The second-order valence-electron chi connectivity index (χ2n) is 2.55. The van der Waals surface area contributed by atoms with Gasteiger partial charge in [-0.15, -0.1) is 0 Å². The normalized spacial score (nSPS) is 13.5. The molecule has 62 valence electrons. The first-order valence-corrected chi connectivity index (χ1v) is 3.85. The van der Waals surface area contributed by atoms with Gasteiger partial charge in [-0.25, -0.2) is 0 Å². The van der Waals surface area contributed by atoms with Crippen LogP contribution in [0.5, 0.6) is 0 Å². The van der Waals surface area contributed by atoms with E-state index in [-0.39, 0.29) is 12.6 Å². The maximum Gasteiger partial charge on any atom is 0.0815 e. The zero-order chi connectivity index (χ0) is 8.43. The fraction of sp³-hybridized carbons (Fsp3) is 0.571. The quantitative estimate of drug-likeness (QED) is 0.736. The first-order valence-electron chi connectivity index (χ1n) is 3.47. The molecule has 1 aromatic rings. The van der Waals surface area contributed by atoms with Crippen molar-refractivity contribution in [2.75, 3.05) is 6.61 Å². The van der Waals surface area contributed by atoms with E-state index in [1.165, 1.54) is 0 Å². The first kappa shape index (κ1) is 8.56. The van der Waals surface area contributed by atoms with Crippen molar-refractivity contribution in [3.8, 4) is 0 Å². The van der Waals surface area contributed by atoms with Gasteiger partial charge in [-0.3, -0.25) is 4.68 Å². The van der Waals surface area contributed by atoms with E-state index in [1.807, 2.05) is 13.8 Å². The SMILES string of the molecule is Cc1c(Cl)cnn1C(C)CO. The van der Waals surface area contributed by atoms with Crippen molar-refractivity contribution in [2.24, 2.45) is 0 Å². The summed E-state index contributed by atoms with van der Waals surface area (Å²) in [7, 11) is 0. The summed E-state index contributed by atoms with van der Waals surface area (Å²) in [5, 5.41) is 13.5. The standard InChI is InChI=1S/C7H11ClN2O/c1-5(4-11)10-6(2)7(8)3-9-10/h3,5,11H,4H2,1-2H3. The third-order valence-electron chi connectivity index (χ3n) is 1.67. The second-order valence-corrected chi connectivity index (χ2v) is 2.96. The average molecular weight is 175 g/mol. The Hall–Kier alpha value is -0.540. The smallest absolute Gasteiger partial charge is 0.0815 e. The minimum atomic E-state index is 0.00231. The van der Waals surface area contributed by atoms with Gasteiger partial charge in [-0.2, -0.15) is 5.10 Å². The summed E-state index contributed by atoms with van der Waals surface area (Å²) in [6.45, 7) is 3.84. The van der Waals surface area contributed by atoms with Crippen LogP contribution in [0.3, 0.4) is 0 Å². The second kappa shape index (κ2) is 3.24. The van der Waals surface area contributed by atoms with Crippen molar-refractivity contribution in [1.29, 1.82) is 0 Å². The largest absolute Gasteiger partial charge is 0.394 e. The van der Waals surface area contributed by atoms with Gasteiger partial charge in [-0.05, 0) is 13.8 Å². The molecular formula is C7H11ClN2O. The number of halogens is 1. The molecular weight excluding hydrogens is 164 g/mol. The summed E-state index contributed by atoms with van der Waals surface area (Å²) >= 11 is 5.77. The molecule has 0 amide bonds. The molecule has 0 spiro atoms. The summed E-state index contributed by atoms with van der Waals surface area (Å²) in [6.07, 6.45) is 1.59. The van der Waals surface area contributed by atoms with E-state index >= 15 is 0 Å². The van der Waals surface area contributed by atoms with E-state index in [2.05, 4.69) is 5.10 Å². The fourth-order valence-corrected chi connectivity index (χ4v) is 1.05. The van der Waals surface area contributed by atoms with Crippen molar-refractivity contribution >= 4 is 11.6 Å². The fourth-order valence-electron chi connectivity index (χ4n) is 0.924. The van der Waals surface area contributed by atoms with E-state index in [0.29, 0.717) is 5.02 Å². The molecule has 11 heavy (non-hydrogen) atoms. The van der Waals surface area contributed by atoms with E-state index in [4.69, 9.17) is 16.7 Å². The van der Waals surface area contributed by atoms with Crippen LogP contribution in [-0.4, -0.2) is 21.5 Å². The summed E-state index contributed by atoms with van der Waals surface area (Å²) in [5.74, 6) is 0. The van der Waals surface area contributed by atoms with E-state index in [1.54, 1.807) is 10.9 Å². The Kier molecular flexibility index (Phi) is 2.52. The molecule has 4 heteroatoms. The third kappa shape index (κ3) is 1.54. The highest BCUT2D eigenvalue weighted by Crippen LogP contribution is 2.16. The Morgan fingerprint density at radius 2 is 2.45 bits per heavy atom. The molecule has 1 N–H and O–H groups in total. The van der Waals surface area contributed by atoms with Crippen LogP contribution < -0.4 is 0 Å². The number of aromatic nitrogens is 2. The lowest BCUT2D eigenvalue weighted by Gasteiger charge is -2.10. The van der Waals surface area contributed by atoms with Crippen LogP contribution in [0.1, 0.15) is 18.7 Å². The van der Waals surface area contributed by atoms with Crippen molar-refractivity contribution in [1.82, 2.24) is 9.78 Å². The molecule has 1 atom stereocenters. The first-order chi connectivity index (χ1) is 5.16. The molecule has 0 aliphatic rings. The van der Waals surface area contributed by atoms with Gasteiger partial charge in [0.25, 0.3) is 0 Å². The zero-order valence-electron chi connectivity index (χ0n) is 6.58. The summed E-state index contributed by atoms with van der Waals surface area (Å²) in [4.78, 5) is 0. The molecule has 0 saturated heterocycles. The number of hydrogen-bond acceptors (Lipinski definition) is 2. The van der Waals surface area contributed by atoms with Crippen LogP contribution >= 0.6 is 11.6 Å². The van der Waals surface area contributed by atoms with Crippen LogP contribution in [0.25, 0.3) is 0 Å². The predicted molar refractivity (Wildman–Crippen MR) is 43.8 cm³/mol. The molecule has 1 unspecified atom stereocenters. The summed E-state index contributed by atoms with van der Waals surface area (Å²) < 4.78 is 1.71. The Morgan fingerprint density at radius 1 is 1.82 bits per heavy atom.